The maximum atomic E-state index is 9.07. The number of rotatable bonds is 5. The predicted molar refractivity (Wildman–Crippen MR) is 103 cm³/mol. The molecule has 3 unspecified atom stereocenters. The van der Waals surface area contributed by atoms with Crippen LogP contribution < -0.4 is 0 Å². The summed E-state index contributed by atoms with van der Waals surface area (Å²) in [7, 11) is 0. The first-order valence-corrected chi connectivity index (χ1v) is 11.3. The van der Waals surface area contributed by atoms with Crippen molar-refractivity contribution in [2.75, 3.05) is 6.61 Å². The molecule has 140 valence electrons. The van der Waals surface area contributed by atoms with Crippen LogP contribution in [0.15, 0.2) is 0 Å². The summed E-state index contributed by atoms with van der Waals surface area (Å²) in [5.74, 6) is 7.04. The summed E-state index contributed by atoms with van der Waals surface area (Å²) in [6.07, 6.45) is 18.9. The van der Waals surface area contributed by atoms with Crippen molar-refractivity contribution >= 4 is 0 Å². The molecule has 0 bridgehead atoms. The van der Waals surface area contributed by atoms with Crippen molar-refractivity contribution in [2.45, 2.75) is 97.3 Å². The first-order chi connectivity index (χ1) is 11.7. The van der Waals surface area contributed by atoms with Crippen LogP contribution in [-0.2, 0) is 0 Å². The summed E-state index contributed by atoms with van der Waals surface area (Å²) >= 11 is 0. The van der Waals surface area contributed by atoms with Crippen molar-refractivity contribution < 1.29 is 5.11 Å². The molecule has 3 rings (SSSR count). The van der Waals surface area contributed by atoms with Crippen LogP contribution in [-0.4, -0.2) is 11.7 Å². The molecule has 0 amide bonds. The van der Waals surface area contributed by atoms with Gasteiger partial charge in [-0.15, -0.1) is 0 Å². The lowest BCUT2D eigenvalue weighted by molar-refractivity contribution is 0.0728. The fourth-order valence-electron chi connectivity index (χ4n) is 6.68. The Morgan fingerprint density at radius 1 is 0.708 bits per heavy atom. The van der Waals surface area contributed by atoms with Crippen LogP contribution in [0.2, 0.25) is 0 Å². The molecule has 0 aliphatic heterocycles. The Kier molecular flexibility index (Phi) is 7.07. The monoisotopic (exact) mass is 334 g/mol. The lowest BCUT2D eigenvalue weighted by atomic mass is 9.62. The van der Waals surface area contributed by atoms with Crippen molar-refractivity contribution in [1.29, 1.82) is 0 Å². The minimum Gasteiger partial charge on any atom is -0.396 e. The van der Waals surface area contributed by atoms with Crippen molar-refractivity contribution in [3.63, 3.8) is 0 Å². The third kappa shape index (κ3) is 4.77. The molecule has 24 heavy (non-hydrogen) atoms. The highest BCUT2D eigenvalue weighted by molar-refractivity contribution is 4.87. The van der Waals surface area contributed by atoms with E-state index in [2.05, 4.69) is 13.8 Å². The summed E-state index contributed by atoms with van der Waals surface area (Å²) in [5.41, 5.74) is 0. The quantitative estimate of drug-likeness (QED) is 0.613. The highest BCUT2D eigenvalue weighted by Crippen LogP contribution is 2.47. The summed E-state index contributed by atoms with van der Waals surface area (Å²) in [6, 6.07) is 0. The molecule has 1 N–H and O–H groups in total. The molecular formula is C23H42O. The average molecular weight is 335 g/mol. The highest BCUT2D eigenvalue weighted by Gasteiger charge is 2.36. The summed E-state index contributed by atoms with van der Waals surface area (Å²) in [5, 5.41) is 9.07. The normalized spacial score (nSPS) is 44.4. The van der Waals surface area contributed by atoms with Gasteiger partial charge in [-0.05, 0) is 106 Å². The van der Waals surface area contributed by atoms with Gasteiger partial charge in [0.1, 0.15) is 0 Å². The molecular weight excluding hydrogens is 292 g/mol. The SMILES string of the molecule is CC1CCC(C2CCC(C3CCC(CCCO)CC3C)CC2)CC1. The topological polar surface area (TPSA) is 20.2 Å². The Morgan fingerprint density at radius 3 is 1.88 bits per heavy atom. The Labute approximate surface area is 151 Å². The Hall–Kier alpha value is -0.0400. The third-order valence-corrected chi connectivity index (χ3v) is 8.26. The number of hydrogen-bond acceptors (Lipinski definition) is 1. The first kappa shape index (κ1) is 18.7. The van der Waals surface area contributed by atoms with Gasteiger partial charge in [-0.25, -0.2) is 0 Å². The van der Waals surface area contributed by atoms with Gasteiger partial charge in [-0.1, -0.05) is 33.1 Å². The van der Waals surface area contributed by atoms with Crippen molar-refractivity contribution in [3.05, 3.63) is 0 Å². The van der Waals surface area contributed by atoms with E-state index in [0.29, 0.717) is 6.61 Å². The molecule has 0 aromatic rings. The van der Waals surface area contributed by atoms with Gasteiger partial charge in [-0.2, -0.15) is 0 Å². The minimum atomic E-state index is 0.387. The lowest BCUT2D eigenvalue weighted by Crippen LogP contribution is -2.33. The van der Waals surface area contributed by atoms with Gasteiger partial charge >= 0.3 is 0 Å². The second-order valence-corrected chi connectivity index (χ2v) is 9.88. The zero-order chi connectivity index (χ0) is 16.9. The van der Waals surface area contributed by atoms with Gasteiger partial charge in [-0.3, -0.25) is 0 Å². The van der Waals surface area contributed by atoms with E-state index in [-0.39, 0.29) is 0 Å². The van der Waals surface area contributed by atoms with E-state index in [1.165, 1.54) is 64.2 Å². The molecule has 3 atom stereocenters. The Bertz CT molecular complexity index is 349. The molecule has 0 spiro atoms. The van der Waals surface area contributed by atoms with Gasteiger partial charge in [0, 0.05) is 6.61 Å². The summed E-state index contributed by atoms with van der Waals surface area (Å²) in [6.45, 7) is 5.37. The number of hydrogen-bond donors (Lipinski definition) is 1. The van der Waals surface area contributed by atoms with Crippen molar-refractivity contribution in [2.24, 2.45) is 41.4 Å². The molecule has 3 aliphatic carbocycles. The number of aliphatic hydroxyl groups excluding tert-OH is 1. The van der Waals surface area contributed by atoms with E-state index in [0.717, 1.165) is 47.8 Å². The zero-order valence-corrected chi connectivity index (χ0v) is 16.4. The predicted octanol–water partition coefficient (Wildman–Crippen LogP) is 6.44. The van der Waals surface area contributed by atoms with E-state index in [4.69, 9.17) is 5.11 Å². The smallest absolute Gasteiger partial charge is 0.0431 e. The van der Waals surface area contributed by atoms with Gasteiger partial charge < -0.3 is 5.11 Å². The maximum Gasteiger partial charge on any atom is 0.0431 e. The standard InChI is InChI=1S/C23H42O/c1-17-5-8-20(9-6-17)21-10-12-22(13-11-21)23-14-7-19(4-3-15-24)16-18(23)2/h17-24H,3-16H2,1-2H3. The van der Waals surface area contributed by atoms with E-state index in [1.807, 2.05) is 0 Å². The lowest BCUT2D eigenvalue weighted by Gasteiger charge is -2.43. The van der Waals surface area contributed by atoms with Crippen LogP contribution in [0.3, 0.4) is 0 Å². The largest absolute Gasteiger partial charge is 0.396 e. The van der Waals surface area contributed by atoms with Crippen LogP contribution >= 0.6 is 0 Å². The van der Waals surface area contributed by atoms with Crippen molar-refractivity contribution in [1.82, 2.24) is 0 Å². The summed E-state index contributed by atoms with van der Waals surface area (Å²) in [4.78, 5) is 0. The van der Waals surface area contributed by atoms with Gasteiger partial charge in [0.15, 0.2) is 0 Å². The van der Waals surface area contributed by atoms with E-state index < -0.39 is 0 Å². The van der Waals surface area contributed by atoms with Crippen LogP contribution in [0, 0.1) is 41.4 Å². The average Bonchev–Trinajstić information content (AvgIpc) is 2.61. The van der Waals surface area contributed by atoms with Gasteiger partial charge in [0.05, 0.1) is 0 Å². The van der Waals surface area contributed by atoms with Gasteiger partial charge in [0.2, 0.25) is 0 Å². The molecule has 1 heteroatoms. The van der Waals surface area contributed by atoms with Crippen LogP contribution in [0.4, 0.5) is 0 Å². The molecule has 3 saturated carbocycles. The molecule has 1 nitrogen and oxygen atoms in total. The highest BCUT2D eigenvalue weighted by atomic mass is 16.2. The molecule has 0 saturated heterocycles. The molecule has 0 radical (unpaired) electrons. The minimum absolute atomic E-state index is 0.387. The fourth-order valence-corrected chi connectivity index (χ4v) is 6.68. The Balaban J connectivity index is 1.42. The Morgan fingerprint density at radius 2 is 1.29 bits per heavy atom. The van der Waals surface area contributed by atoms with E-state index in [9.17, 15) is 0 Å². The second-order valence-electron chi connectivity index (χ2n) is 9.88. The third-order valence-electron chi connectivity index (χ3n) is 8.26. The van der Waals surface area contributed by atoms with E-state index in [1.54, 1.807) is 12.8 Å². The summed E-state index contributed by atoms with van der Waals surface area (Å²) < 4.78 is 0. The fraction of sp³-hybridized carbons (Fsp3) is 1.00. The van der Waals surface area contributed by atoms with Crippen LogP contribution in [0.5, 0.6) is 0 Å². The second kappa shape index (κ2) is 9.06. The maximum absolute atomic E-state index is 9.07. The number of aliphatic hydroxyl groups is 1. The molecule has 0 aromatic carbocycles. The molecule has 3 aliphatic rings. The zero-order valence-electron chi connectivity index (χ0n) is 16.4. The molecule has 0 aromatic heterocycles. The van der Waals surface area contributed by atoms with E-state index >= 15 is 0 Å². The molecule has 3 fully saturated rings. The van der Waals surface area contributed by atoms with Crippen LogP contribution in [0.25, 0.3) is 0 Å². The van der Waals surface area contributed by atoms with Crippen LogP contribution in [0.1, 0.15) is 97.3 Å². The van der Waals surface area contributed by atoms with Crippen molar-refractivity contribution in [3.8, 4) is 0 Å². The van der Waals surface area contributed by atoms with Gasteiger partial charge in [0.25, 0.3) is 0 Å². The molecule has 0 heterocycles. The first-order valence-electron chi connectivity index (χ1n) is 11.3.